The van der Waals surface area contributed by atoms with Crippen LogP contribution in [0.4, 0.5) is 5.69 Å². The minimum Gasteiger partial charge on any atom is -0.385 e. The average molecular weight is 274 g/mol. The summed E-state index contributed by atoms with van der Waals surface area (Å²) in [7, 11) is 0. The van der Waals surface area contributed by atoms with E-state index < -0.39 is 5.60 Å². The molecule has 1 amide bonds. The Kier molecular flexibility index (Phi) is 3.52. The first-order chi connectivity index (χ1) is 9.57. The fourth-order valence-electron chi connectivity index (χ4n) is 3.32. The number of carbonyl (C=O) groups is 1. The standard InChI is InChI=1S/C16H22N2O2/c1-16(20,12-6-8-17-9-7-12)13-3-4-14-11(10-13)2-5-15(19)18-14/h3-4,10,12,17,20H,2,5-9H2,1H3,(H,18,19). The fraction of sp³-hybridized carbons (Fsp3) is 0.562. The summed E-state index contributed by atoms with van der Waals surface area (Å²) in [5, 5.41) is 17.2. The number of benzene rings is 1. The summed E-state index contributed by atoms with van der Waals surface area (Å²) in [5.41, 5.74) is 2.21. The van der Waals surface area contributed by atoms with Crippen LogP contribution in [0.3, 0.4) is 0 Å². The molecule has 2 heterocycles. The number of hydrogen-bond donors (Lipinski definition) is 3. The summed E-state index contributed by atoms with van der Waals surface area (Å²) in [6.45, 7) is 3.87. The van der Waals surface area contributed by atoms with Gasteiger partial charge in [0.2, 0.25) is 5.91 Å². The lowest BCUT2D eigenvalue weighted by Gasteiger charge is -2.37. The Balaban J connectivity index is 1.87. The van der Waals surface area contributed by atoms with Crippen LogP contribution in [0.25, 0.3) is 0 Å². The van der Waals surface area contributed by atoms with E-state index in [4.69, 9.17) is 0 Å². The van der Waals surface area contributed by atoms with Crippen molar-refractivity contribution in [3.63, 3.8) is 0 Å². The maximum absolute atomic E-state index is 11.4. The number of rotatable bonds is 2. The molecule has 0 bridgehead atoms. The lowest BCUT2D eigenvalue weighted by Crippen LogP contribution is -2.40. The molecule has 0 radical (unpaired) electrons. The fourth-order valence-corrected chi connectivity index (χ4v) is 3.32. The largest absolute Gasteiger partial charge is 0.385 e. The molecule has 3 rings (SSSR count). The zero-order valence-electron chi connectivity index (χ0n) is 11.9. The van der Waals surface area contributed by atoms with Gasteiger partial charge in [-0.3, -0.25) is 4.79 Å². The van der Waals surface area contributed by atoms with Gasteiger partial charge in [-0.05, 0) is 62.4 Å². The molecule has 1 aromatic rings. The maximum atomic E-state index is 11.4. The van der Waals surface area contributed by atoms with Crippen LogP contribution in [0.15, 0.2) is 18.2 Å². The number of aryl methyl sites for hydroxylation is 1. The molecule has 0 spiro atoms. The van der Waals surface area contributed by atoms with E-state index in [9.17, 15) is 9.90 Å². The Morgan fingerprint density at radius 3 is 2.75 bits per heavy atom. The van der Waals surface area contributed by atoms with E-state index in [0.29, 0.717) is 12.3 Å². The number of piperidine rings is 1. The van der Waals surface area contributed by atoms with Gasteiger partial charge in [0.1, 0.15) is 0 Å². The van der Waals surface area contributed by atoms with Crippen LogP contribution in [-0.4, -0.2) is 24.1 Å². The molecule has 1 unspecified atom stereocenters. The SMILES string of the molecule is CC(O)(c1ccc2c(c1)CCC(=O)N2)C1CCNCC1. The van der Waals surface area contributed by atoms with Crippen LogP contribution in [0.2, 0.25) is 0 Å². The number of amides is 1. The van der Waals surface area contributed by atoms with Crippen LogP contribution in [0.1, 0.15) is 37.3 Å². The minimum absolute atomic E-state index is 0.0790. The van der Waals surface area contributed by atoms with Gasteiger partial charge >= 0.3 is 0 Å². The van der Waals surface area contributed by atoms with E-state index in [2.05, 4.69) is 16.7 Å². The quantitative estimate of drug-likeness (QED) is 0.770. The summed E-state index contributed by atoms with van der Waals surface area (Å²) < 4.78 is 0. The second-order valence-corrected chi connectivity index (χ2v) is 6.09. The van der Waals surface area contributed by atoms with Crippen LogP contribution < -0.4 is 10.6 Å². The monoisotopic (exact) mass is 274 g/mol. The number of hydrogen-bond acceptors (Lipinski definition) is 3. The smallest absolute Gasteiger partial charge is 0.224 e. The van der Waals surface area contributed by atoms with Gasteiger partial charge < -0.3 is 15.7 Å². The highest BCUT2D eigenvalue weighted by Gasteiger charge is 2.35. The normalized spacial score (nSPS) is 22.8. The number of carbonyl (C=O) groups excluding carboxylic acids is 1. The molecule has 0 saturated carbocycles. The highest BCUT2D eigenvalue weighted by atomic mass is 16.3. The van der Waals surface area contributed by atoms with Crippen molar-refractivity contribution in [1.82, 2.24) is 5.32 Å². The Bertz CT molecular complexity index is 519. The maximum Gasteiger partial charge on any atom is 0.224 e. The Hall–Kier alpha value is -1.39. The summed E-state index contributed by atoms with van der Waals surface area (Å²) in [6.07, 6.45) is 3.30. The molecule has 2 aliphatic rings. The summed E-state index contributed by atoms with van der Waals surface area (Å²) in [4.78, 5) is 11.4. The van der Waals surface area contributed by atoms with Gasteiger partial charge in [0.15, 0.2) is 0 Å². The van der Waals surface area contributed by atoms with Crippen molar-refractivity contribution >= 4 is 11.6 Å². The molecular formula is C16H22N2O2. The lowest BCUT2D eigenvalue weighted by molar-refractivity contribution is -0.116. The van der Waals surface area contributed by atoms with Gasteiger partial charge in [0.05, 0.1) is 5.60 Å². The molecule has 0 aromatic heterocycles. The van der Waals surface area contributed by atoms with Crippen molar-refractivity contribution in [2.45, 2.75) is 38.2 Å². The van der Waals surface area contributed by atoms with Gasteiger partial charge in [-0.1, -0.05) is 12.1 Å². The van der Waals surface area contributed by atoms with Crippen molar-refractivity contribution in [2.24, 2.45) is 5.92 Å². The Morgan fingerprint density at radius 2 is 2.00 bits per heavy atom. The van der Waals surface area contributed by atoms with E-state index in [1.54, 1.807) is 0 Å². The molecule has 20 heavy (non-hydrogen) atoms. The average Bonchev–Trinajstić information content (AvgIpc) is 2.47. The molecule has 4 heteroatoms. The van der Waals surface area contributed by atoms with Crippen LogP contribution in [-0.2, 0) is 16.8 Å². The molecule has 108 valence electrons. The van der Waals surface area contributed by atoms with Crippen molar-refractivity contribution in [3.05, 3.63) is 29.3 Å². The van der Waals surface area contributed by atoms with E-state index >= 15 is 0 Å². The topological polar surface area (TPSA) is 61.4 Å². The van der Waals surface area contributed by atoms with E-state index in [-0.39, 0.29) is 5.91 Å². The number of aliphatic hydroxyl groups is 1. The molecular weight excluding hydrogens is 252 g/mol. The van der Waals surface area contributed by atoms with Crippen LogP contribution >= 0.6 is 0 Å². The summed E-state index contributed by atoms with van der Waals surface area (Å²) >= 11 is 0. The zero-order chi connectivity index (χ0) is 14.2. The molecule has 3 N–H and O–H groups in total. The first-order valence-corrected chi connectivity index (χ1v) is 7.44. The minimum atomic E-state index is -0.793. The van der Waals surface area contributed by atoms with E-state index in [1.165, 1.54) is 0 Å². The van der Waals surface area contributed by atoms with Gasteiger partial charge in [-0.25, -0.2) is 0 Å². The molecule has 1 aromatic carbocycles. The number of nitrogens with one attached hydrogen (secondary N) is 2. The second kappa shape index (κ2) is 5.19. The third kappa shape index (κ3) is 2.45. The molecule has 1 atom stereocenters. The zero-order valence-corrected chi connectivity index (χ0v) is 11.9. The summed E-state index contributed by atoms with van der Waals surface area (Å²) in [5.74, 6) is 0.371. The second-order valence-electron chi connectivity index (χ2n) is 6.09. The van der Waals surface area contributed by atoms with Gasteiger partial charge in [0.25, 0.3) is 0 Å². The van der Waals surface area contributed by atoms with Crippen molar-refractivity contribution < 1.29 is 9.90 Å². The van der Waals surface area contributed by atoms with Gasteiger partial charge in [-0.2, -0.15) is 0 Å². The lowest BCUT2D eigenvalue weighted by atomic mass is 9.77. The number of fused-ring (bicyclic) bond motifs is 1. The first kappa shape index (κ1) is 13.6. The highest BCUT2D eigenvalue weighted by molar-refractivity contribution is 5.93. The van der Waals surface area contributed by atoms with E-state index in [0.717, 1.165) is 49.2 Å². The van der Waals surface area contributed by atoms with Crippen molar-refractivity contribution in [1.29, 1.82) is 0 Å². The predicted octanol–water partition coefficient (Wildman–Crippen LogP) is 1.78. The molecule has 2 aliphatic heterocycles. The Morgan fingerprint density at radius 1 is 1.25 bits per heavy atom. The van der Waals surface area contributed by atoms with Crippen LogP contribution in [0, 0.1) is 5.92 Å². The predicted molar refractivity (Wildman–Crippen MR) is 78.6 cm³/mol. The van der Waals surface area contributed by atoms with Crippen LogP contribution in [0.5, 0.6) is 0 Å². The molecule has 0 aliphatic carbocycles. The summed E-state index contributed by atoms with van der Waals surface area (Å²) in [6, 6.07) is 5.94. The van der Waals surface area contributed by atoms with Gasteiger partial charge in [0, 0.05) is 12.1 Å². The third-order valence-electron chi connectivity index (χ3n) is 4.72. The molecule has 1 fully saturated rings. The third-order valence-corrected chi connectivity index (χ3v) is 4.72. The number of anilines is 1. The highest BCUT2D eigenvalue weighted by Crippen LogP contribution is 2.37. The first-order valence-electron chi connectivity index (χ1n) is 7.44. The van der Waals surface area contributed by atoms with Crippen molar-refractivity contribution in [2.75, 3.05) is 18.4 Å². The van der Waals surface area contributed by atoms with Crippen molar-refractivity contribution in [3.8, 4) is 0 Å². The molecule has 1 saturated heterocycles. The molecule has 4 nitrogen and oxygen atoms in total. The van der Waals surface area contributed by atoms with Gasteiger partial charge in [-0.15, -0.1) is 0 Å². The van der Waals surface area contributed by atoms with E-state index in [1.807, 2.05) is 19.1 Å². The Labute approximate surface area is 119 Å².